The van der Waals surface area contributed by atoms with Crippen LogP contribution in [0.1, 0.15) is 32.4 Å². The summed E-state index contributed by atoms with van der Waals surface area (Å²) in [4.78, 5) is 0. The second-order valence-corrected chi connectivity index (χ2v) is 8.01. The molecule has 0 amide bonds. The Morgan fingerprint density at radius 3 is 2.68 bits per heavy atom. The van der Waals surface area contributed by atoms with Crippen molar-refractivity contribution in [1.82, 2.24) is 5.32 Å². The van der Waals surface area contributed by atoms with E-state index in [9.17, 15) is 4.39 Å². The van der Waals surface area contributed by atoms with Crippen molar-refractivity contribution < 1.29 is 4.39 Å². The topological polar surface area (TPSA) is 12.0 Å². The van der Waals surface area contributed by atoms with E-state index in [4.69, 9.17) is 0 Å². The number of benzene rings is 1. The van der Waals surface area contributed by atoms with Crippen LogP contribution >= 0.6 is 23.5 Å². The Morgan fingerprint density at radius 1 is 1.32 bits per heavy atom. The molecule has 1 aromatic rings. The first kappa shape index (κ1) is 15.2. The van der Waals surface area contributed by atoms with Gasteiger partial charge < -0.3 is 5.32 Å². The largest absolute Gasteiger partial charge is 0.309 e. The summed E-state index contributed by atoms with van der Waals surface area (Å²) >= 11 is 4.00. The first-order chi connectivity index (χ1) is 9.13. The molecule has 1 heterocycles. The highest BCUT2D eigenvalue weighted by atomic mass is 32.2. The lowest BCUT2D eigenvalue weighted by Crippen LogP contribution is -2.37. The number of thioether (sulfide) groups is 2. The molecule has 1 aliphatic rings. The second kappa shape index (κ2) is 7.00. The molecule has 4 unspecified atom stereocenters. The summed E-state index contributed by atoms with van der Waals surface area (Å²) in [5.41, 5.74) is 0.809. The molecule has 4 atom stereocenters. The summed E-state index contributed by atoms with van der Waals surface area (Å²) in [5.74, 6) is 0.993. The van der Waals surface area contributed by atoms with Gasteiger partial charge >= 0.3 is 0 Å². The fourth-order valence-corrected chi connectivity index (χ4v) is 5.48. The molecule has 0 radical (unpaired) electrons. The van der Waals surface area contributed by atoms with Gasteiger partial charge in [-0.05, 0) is 12.6 Å². The molecule has 1 fully saturated rings. The summed E-state index contributed by atoms with van der Waals surface area (Å²) in [7, 11) is 0. The first-order valence-electron chi connectivity index (χ1n) is 6.88. The van der Waals surface area contributed by atoms with Crippen molar-refractivity contribution in [3.05, 3.63) is 35.6 Å². The van der Waals surface area contributed by atoms with E-state index in [0.717, 1.165) is 17.9 Å². The Hall–Kier alpha value is -0.190. The van der Waals surface area contributed by atoms with Crippen LogP contribution in [0.3, 0.4) is 0 Å². The van der Waals surface area contributed by atoms with Crippen molar-refractivity contribution in [1.29, 1.82) is 0 Å². The van der Waals surface area contributed by atoms with Gasteiger partial charge in [0.15, 0.2) is 0 Å². The molecule has 0 saturated carbocycles. The highest BCUT2D eigenvalue weighted by molar-refractivity contribution is 8.07. The summed E-state index contributed by atoms with van der Waals surface area (Å²) in [5, 5.41) is 5.21. The predicted molar refractivity (Wildman–Crippen MR) is 85.6 cm³/mol. The molecular weight excluding hydrogens is 277 g/mol. The summed E-state index contributed by atoms with van der Waals surface area (Å²) in [6, 6.07) is 7.27. The zero-order valence-corrected chi connectivity index (χ0v) is 13.4. The van der Waals surface area contributed by atoms with Gasteiger partial charge in [0, 0.05) is 33.1 Å². The van der Waals surface area contributed by atoms with Crippen molar-refractivity contribution in [2.45, 2.75) is 42.6 Å². The summed E-state index contributed by atoms with van der Waals surface area (Å²) in [6.07, 6.45) is 0. The van der Waals surface area contributed by atoms with Crippen LogP contribution in [0.5, 0.6) is 0 Å². The zero-order valence-electron chi connectivity index (χ0n) is 11.7. The molecule has 1 aromatic carbocycles. The number of nitrogens with one attached hydrogen (secondary N) is 1. The van der Waals surface area contributed by atoms with Crippen LogP contribution < -0.4 is 5.32 Å². The van der Waals surface area contributed by atoms with E-state index in [2.05, 4.69) is 26.1 Å². The highest BCUT2D eigenvalue weighted by Gasteiger charge is 2.32. The Labute approximate surface area is 124 Å². The Morgan fingerprint density at radius 2 is 2.05 bits per heavy atom. The van der Waals surface area contributed by atoms with Crippen LogP contribution in [0, 0.1) is 5.82 Å². The van der Waals surface area contributed by atoms with Crippen LogP contribution in [0.2, 0.25) is 0 Å². The Bertz CT molecular complexity index is 413. The summed E-state index contributed by atoms with van der Waals surface area (Å²) in [6.45, 7) is 7.51. The van der Waals surface area contributed by atoms with Crippen LogP contribution in [-0.4, -0.2) is 28.0 Å². The van der Waals surface area contributed by atoms with Crippen LogP contribution in [0.4, 0.5) is 4.39 Å². The molecule has 19 heavy (non-hydrogen) atoms. The quantitative estimate of drug-likeness (QED) is 0.899. The SMILES string of the molecule is CCNC(c1ccccc1F)C1CSC(C)C(C)S1. The molecule has 1 N–H and O–H groups in total. The van der Waals surface area contributed by atoms with E-state index in [1.807, 2.05) is 35.7 Å². The molecule has 0 bridgehead atoms. The van der Waals surface area contributed by atoms with Gasteiger partial charge in [0.1, 0.15) is 5.82 Å². The third-order valence-corrected chi connectivity index (χ3v) is 7.10. The van der Waals surface area contributed by atoms with Crippen molar-refractivity contribution in [3.8, 4) is 0 Å². The Balaban J connectivity index is 2.19. The Kier molecular flexibility index (Phi) is 5.60. The van der Waals surface area contributed by atoms with E-state index >= 15 is 0 Å². The minimum atomic E-state index is -0.0923. The maximum Gasteiger partial charge on any atom is 0.128 e. The lowest BCUT2D eigenvalue weighted by Gasteiger charge is -2.36. The maximum absolute atomic E-state index is 14.0. The number of hydrogen-bond donors (Lipinski definition) is 1. The molecular formula is C15H22FNS2. The third kappa shape index (κ3) is 3.67. The minimum absolute atomic E-state index is 0.0923. The van der Waals surface area contributed by atoms with Crippen LogP contribution in [-0.2, 0) is 0 Å². The van der Waals surface area contributed by atoms with Gasteiger partial charge in [-0.15, -0.1) is 0 Å². The standard InChI is InChI=1S/C15H22FNS2/c1-4-17-15(12-7-5-6-8-13(12)16)14-9-18-10(2)11(3)19-14/h5-8,10-11,14-15,17H,4,9H2,1-3H3. The van der Waals surface area contributed by atoms with E-state index in [1.165, 1.54) is 0 Å². The van der Waals surface area contributed by atoms with Gasteiger partial charge in [0.05, 0.1) is 0 Å². The number of halogens is 1. The van der Waals surface area contributed by atoms with E-state index in [0.29, 0.717) is 15.7 Å². The van der Waals surface area contributed by atoms with Crippen molar-refractivity contribution in [2.75, 3.05) is 12.3 Å². The molecule has 1 saturated heterocycles. The molecule has 0 aliphatic carbocycles. The van der Waals surface area contributed by atoms with Gasteiger partial charge in [0.2, 0.25) is 0 Å². The maximum atomic E-state index is 14.0. The van der Waals surface area contributed by atoms with E-state index in [-0.39, 0.29) is 11.9 Å². The van der Waals surface area contributed by atoms with Crippen LogP contribution in [0.15, 0.2) is 24.3 Å². The molecule has 4 heteroatoms. The molecule has 106 valence electrons. The predicted octanol–water partition coefficient (Wildman–Crippen LogP) is 4.10. The zero-order chi connectivity index (χ0) is 13.8. The van der Waals surface area contributed by atoms with Gasteiger partial charge in [-0.25, -0.2) is 4.39 Å². The highest BCUT2D eigenvalue weighted by Crippen LogP contribution is 2.41. The average molecular weight is 299 g/mol. The monoisotopic (exact) mass is 299 g/mol. The minimum Gasteiger partial charge on any atom is -0.309 e. The summed E-state index contributed by atoms with van der Waals surface area (Å²) < 4.78 is 14.0. The van der Waals surface area contributed by atoms with Gasteiger partial charge in [-0.2, -0.15) is 23.5 Å². The molecule has 1 nitrogen and oxygen atoms in total. The fraction of sp³-hybridized carbons (Fsp3) is 0.600. The first-order valence-corrected chi connectivity index (χ1v) is 8.87. The van der Waals surface area contributed by atoms with Crippen molar-refractivity contribution in [2.24, 2.45) is 0 Å². The molecule has 0 aromatic heterocycles. The average Bonchev–Trinajstić information content (AvgIpc) is 2.40. The number of hydrogen-bond acceptors (Lipinski definition) is 3. The lowest BCUT2D eigenvalue weighted by molar-refractivity contribution is 0.509. The molecule has 1 aliphatic heterocycles. The van der Waals surface area contributed by atoms with Crippen LogP contribution in [0.25, 0.3) is 0 Å². The van der Waals surface area contributed by atoms with Gasteiger partial charge in [0.25, 0.3) is 0 Å². The van der Waals surface area contributed by atoms with E-state index in [1.54, 1.807) is 12.1 Å². The van der Waals surface area contributed by atoms with E-state index < -0.39 is 0 Å². The lowest BCUT2D eigenvalue weighted by atomic mass is 10.0. The third-order valence-electron chi connectivity index (χ3n) is 3.61. The van der Waals surface area contributed by atoms with Gasteiger partial charge in [-0.3, -0.25) is 0 Å². The molecule has 2 rings (SSSR count). The normalized spacial score (nSPS) is 29.2. The molecule has 0 spiro atoms. The van der Waals surface area contributed by atoms with Gasteiger partial charge in [-0.1, -0.05) is 39.0 Å². The fourth-order valence-electron chi connectivity index (χ4n) is 2.37. The van der Waals surface area contributed by atoms with Crippen molar-refractivity contribution >= 4 is 23.5 Å². The second-order valence-electron chi connectivity index (χ2n) is 4.97. The number of rotatable bonds is 4. The van der Waals surface area contributed by atoms with Crippen molar-refractivity contribution in [3.63, 3.8) is 0 Å². The smallest absolute Gasteiger partial charge is 0.128 e.